The molecule has 0 aliphatic carbocycles. The Morgan fingerprint density at radius 3 is 2.34 bits per heavy atom. The van der Waals surface area contributed by atoms with Gasteiger partial charge in [-0.15, -0.1) is 0 Å². The summed E-state index contributed by atoms with van der Waals surface area (Å²) in [6.07, 6.45) is 0.972. The van der Waals surface area contributed by atoms with Crippen LogP contribution in [0.4, 0.5) is 22.7 Å². The minimum Gasteiger partial charge on any atom is -0.487 e. The number of para-hydroxylation sites is 2. The van der Waals surface area contributed by atoms with Crippen LogP contribution in [-0.4, -0.2) is 27.1 Å². The van der Waals surface area contributed by atoms with Crippen LogP contribution in [0.1, 0.15) is 19.8 Å². The lowest BCUT2D eigenvalue weighted by Crippen LogP contribution is -2.05. The molecule has 0 radical (unpaired) electrons. The number of hydrazone groups is 1. The molecular formula is C17H17N5O7. The highest BCUT2D eigenvalue weighted by molar-refractivity contribution is 5.83. The number of nitrogens with zero attached hydrogens (tertiary/aromatic N) is 4. The molecule has 0 amide bonds. The van der Waals surface area contributed by atoms with Gasteiger partial charge in [0, 0.05) is 17.8 Å². The van der Waals surface area contributed by atoms with Gasteiger partial charge in [0.05, 0.1) is 27.4 Å². The van der Waals surface area contributed by atoms with Gasteiger partial charge in [-0.05, 0) is 31.9 Å². The first kappa shape index (κ1) is 21.2. The van der Waals surface area contributed by atoms with Gasteiger partial charge in [0.25, 0.3) is 5.69 Å². The molecule has 0 saturated heterocycles. The second-order valence-electron chi connectivity index (χ2n) is 5.85. The Morgan fingerprint density at radius 1 is 1.00 bits per heavy atom. The molecule has 1 N–H and O–H groups in total. The molecule has 2 aromatic carbocycles. The zero-order valence-corrected chi connectivity index (χ0v) is 15.3. The number of anilines is 1. The highest BCUT2D eigenvalue weighted by Gasteiger charge is 2.19. The first-order valence-electron chi connectivity index (χ1n) is 8.38. The van der Waals surface area contributed by atoms with E-state index >= 15 is 0 Å². The molecule has 0 aromatic heterocycles. The van der Waals surface area contributed by atoms with E-state index in [1.807, 2.05) is 0 Å². The Balaban J connectivity index is 1.92. The molecule has 12 nitrogen and oxygen atoms in total. The summed E-state index contributed by atoms with van der Waals surface area (Å²) in [5.41, 5.74) is 2.19. The van der Waals surface area contributed by atoms with Crippen LogP contribution >= 0.6 is 0 Å². The van der Waals surface area contributed by atoms with Crippen LogP contribution < -0.4 is 10.2 Å². The summed E-state index contributed by atoms with van der Waals surface area (Å²) in [5.74, 6) is 0.173. The lowest BCUT2D eigenvalue weighted by molar-refractivity contribution is -0.393. The molecule has 0 bridgehead atoms. The number of benzene rings is 2. The molecule has 0 saturated carbocycles. The van der Waals surface area contributed by atoms with Gasteiger partial charge in [-0.25, -0.2) is 0 Å². The molecule has 12 heteroatoms. The maximum Gasteiger partial charge on any atom is 0.310 e. The molecule has 152 valence electrons. The van der Waals surface area contributed by atoms with Crippen molar-refractivity contribution in [2.75, 3.05) is 12.0 Å². The lowest BCUT2D eigenvalue weighted by Gasteiger charge is -2.07. The Labute approximate surface area is 164 Å². The van der Waals surface area contributed by atoms with Crippen LogP contribution in [0.2, 0.25) is 0 Å². The summed E-state index contributed by atoms with van der Waals surface area (Å²) in [6.45, 7) is 1.91. The molecule has 2 rings (SSSR count). The van der Waals surface area contributed by atoms with Gasteiger partial charge in [0.15, 0.2) is 5.75 Å². The number of ether oxygens (including phenoxy) is 1. The quantitative estimate of drug-likeness (QED) is 0.268. The Kier molecular flexibility index (Phi) is 7.12. The van der Waals surface area contributed by atoms with Crippen LogP contribution in [0.5, 0.6) is 5.75 Å². The van der Waals surface area contributed by atoms with E-state index in [-0.39, 0.29) is 23.7 Å². The van der Waals surface area contributed by atoms with E-state index in [0.717, 1.165) is 12.1 Å². The molecule has 0 heterocycles. The average Bonchev–Trinajstić information content (AvgIpc) is 2.69. The normalized spacial score (nSPS) is 11.0. The van der Waals surface area contributed by atoms with E-state index in [4.69, 9.17) is 4.74 Å². The number of non-ortho nitro benzene ring substituents is 1. The van der Waals surface area contributed by atoms with Crippen molar-refractivity contribution in [1.29, 1.82) is 0 Å². The predicted octanol–water partition coefficient (Wildman–Crippen LogP) is 4.06. The maximum absolute atomic E-state index is 11.1. The fourth-order valence-corrected chi connectivity index (χ4v) is 2.33. The lowest BCUT2D eigenvalue weighted by atomic mass is 10.2. The van der Waals surface area contributed by atoms with Crippen molar-refractivity contribution in [3.8, 4) is 5.75 Å². The van der Waals surface area contributed by atoms with Gasteiger partial charge in [0.1, 0.15) is 5.69 Å². The van der Waals surface area contributed by atoms with Gasteiger partial charge in [-0.3, -0.25) is 35.8 Å². The van der Waals surface area contributed by atoms with Gasteiger partial charge in [-0.2, -0.15) is 5.10 Å². The number of hydrogen-bond acceptors (Lipinski definition) is 9. The van der Waals surface area contributed by atoms with E-state index in [9.17, 15) is 30.3 Å². The topological polar surface area (TPSA) is 163 Å². The average molecular weight is 403 g/mol. The number of nitrogens with one attached hydrogen (secondary N) is 1. The first-order chi connectivity index (χ1) is 13.8. The molecule has 0 spiro atoms. The second kappa shape index (κ2) is 9.73. The van der Waals surface area contributed by atoms with Crippen molar-refractivity contribution in [2.45, 2.75) is 19.8 Å². The minimum absolute atomic E-state index is 0.0242. The van der Waals surface area contributed by atoms with E-state index in [0.29, 0.717) is 18.6 Å². The molecule has 0 aliphatic heterocycles. The fourth-order valence-electron chi connectivity index (χ4n) is 2.33. The largest absolute Gasteiger partial charge is 0.487 e. The van der Waals surface area contributed by atoms with Crippen LogP contribution in [0, 0.1) is 30.3 Å². The maximum atomic E-state index is 11.1. The third kappa shape index (κ3) is 5.95. The van der Waals surface area contributed by atoms with Crippen molar-refractivity contribution in [1.82, 2.24) is 0 Å². The zero-order valence-electron chi connectivity index (χ0n) is 15.3. The van der Waals surface area contributed by atoms with Crippen molar-refractivity contribution in [3.05, 3.63) is 72.8 Å². The van der Waals surface area contributed by atoms with Crippen molar-refractivity contribution < 1.29 is 19.5 Å². The summed E-state index contributed by atoms with van der Waals surface area (Å²) in [4.78, 5) is 30.8. The fraction of sp³-hybridized carbons (Fsp3) is 0.235. The smallest absolute Gasteiger partial charge is 0.310 e. The first-order valence-corrected chi connectivity index (χ1v) is 8.38. The standard InChI is InChI=1S/C17H17N5O7/c1-12(5-4-10-29-17-7-3-2-6-15(17)21(25)26)18-19-14-9-8-13(20(23)24)11-16(14)22(27)28/h2-3,6-9,11,19H,4-5,10H2,1H3/b18-12+. The van der Waals surface area contributed by atoms with E-state index < -0.39 is 26.1 Å². The van der Waals surface area contributed by atoms with Crippen molar-refractivity contribution in [2.24, 2.45) is 5.10 Å². The summed E-state index contributed by atoms with van der Waals surface area (Å²) in [7, 11) is 0. The monoisotopic (exact) mass is 403 g/mol. The highest BCUT2D eigenvalue weighted by Crippen LogP contribution is 2.29. The zero-order chi connectivity index (χ0) is 21.4. The van der Waals surface area contributed by atoms with Crippen molar-refractivity contribution in [3.63, 3.8) is 0 Å². The predicted molar refractivity (Wildman–Crippen MR) is 104 cm³/mol. The molecular weight excluding hydrogens is 386 g/mol. The van der Waals surface area contributed by atoms with Crippen LogP contribution in [0.15, 0.2) is 47.6 Å². The van der Waals surface area contributed by atoms with E-state index in [2.05, 4.69) is 10.5 Å². The van der Waals surface area contributed by atoms with Gasteiger partial charge < -0.3 is 4.74 Å². The molecule has 0 unspecified atom stereocenters. The number of rotatable bonds is 10. The summed E-state index contributed by atoms with van der Waals surface area (Å²) in [5, 5.41) is 36.8. The molecule has 2 aromatic rings. The number of nitro benzene ring substituents is 3. The van der Waals surface area contributed by atoms with Crippen LogP contribution in [-0.2, 0) is 0 Å². The molecule has 0 aliphatic rings. The summed E-state index contributed by atoms with van der Waals surface area (Å²) in [6, 6.07) is 9.25. The summed E-state index contributed by atoms with van der Waals surface area (Å²) < 4.78 is 5.43. The minimum atomic E-state index is -0.735. The third-order valence-corrected chi connectivity index (χ3v) is 3.76. The van der Waals surface area contributed by atoms with Gasteiger partial charge in [0.2, 0.25) is 0 Å². The van der Waals surface area contributed by atoms with Gasteiger partial charge in [-0.1, -0.05) is 12.1 Å². The molecule has 29 heavy (non-hydrogen) atoms. The molecule has 0 atom stereocenters. The number of nitro groups is 3. The number of hydrogen-bond donors (Lipinski definition) is 1. The second-order valence-corrected chi connectivity index (χ2v) is 5.85. The van der Waals surface area contributed by atoms with Crippen LogP contribution in [0.3, 0.4) is 0 Å². The van der Waals surface area contributed by atoms with E-state index in [1.54, 1.807) is 19.1 Å². The van der Waals surface area contributed by atoms with E-state index in [1.165, 1.54) is 18.2 Å². The highest BCUT2D eigenvalue weighted by atomic mass is 16.6. The third-order valence-electron chi connectivity index (χ3n) is 3.76. The SMILES string of the molecule is C/C(CCCOc1ccccc1[N+](=O)[O-])=N\Nc1ccc([N+](=O)[O-])cc1[N+](=O)[O-]. The Bertz CT molecular complexity index is 961. The Morgan fingerprint density at radius 2 is 1.69 bits per heavy atom. The van der Waals surface area contributed by atoms with Crippen LogP contribution in [0.25, 0.3) is 0 Å². The van der Waals surface area contributed by atoms with Gasteiger partial charge >= 0.3 is 11.4 Å². The van der Waals surface area contributed by atoms with Crippen molar-refractivity contribution >= 4 is 28.5 Å². The Hall–Kier alpha value is -4.09. The summed E-state index contributed by atoms with van der Waals surface area (Å²) >= 11 is 0. The molecule has 0 fully saturated rings.